The lowest BCUT2D eigenvalue weighted by atomic mass is 10.0. The van der Waals surface area contributed by atoms with Crippen LogP contribution < -0.4 is 9.47 Å². The van der Waals surface area contributed by atoms with E-state index >= 15 is 0 Å². The lowest BCUT2D eigenvalue weighted by Gasteiger charge is -2.12. The summed E-state index contributed by atoms with van der Waals surface area (Å²) in [6, 6.07) is 11.6. The van der Waals surface area contributed by atoms with Gasteiger partial charge in [-0.25, -0.2) is 0 Å². The molecule has 0 fully saturated rings. The number of hydrogen-bond acceptors (Lipinski definition) is 2. The predicted octanol–water partition coefficient (Wildman–Crippen LogP) is 2.79. The summed E-state index contributed by atoms with van der Waals surface area (Å²) < 4.78 is 1.94. The van der Waals surface area contributed by atoms with Crippen molar-refractivity contribution in [1.29, 1.82) is 0 Å². The van der Waals surface area contributed by atoms with Gasteiger partial charge in [-0.05, 0) is 6.92 Å². The molecule has 0 N–H and O–H groups in total. The molecule has 0 aliphatic rings. The van der Waals surface area contributed by atoms with E-state index in [-0.39, 0.29) is 11.8 Å². The minimum absolute atomic E-state index is 0.132. The molecule has 0 amide bonds. The SMILES string of the molecule is Cc1ccc(C(=O)[C@H](C)[n+]2ccc(N(C)C)cc2)cc1. The van der Waals surface area contributed by atoms with E-state index in [1.165, 1.54) is 0 Å². The molecule has 3 nitrogen and oxygen atoms in total. The number of carbonyl (C=O) groups is 1. The van der Waals surface area contributed by atoms with Gasteiger partial charge in [0.15, 0.2) is 12.4 Å². The number of ketones is 1. The second-order valence-corrected chi connectivity index (χ2v) is 5.30. The average Bonchev–Trinajstić information content (AvgIpc) is 2.46. The molecule has 0 aliphatic heterocycles. The third kappa shape index (κ3) is 3.05. The van der Waals surface area contributed by atoms with E-state index in [4.69, 9.17) is 0 Å². The van der Waals surface area contributed by atoms with E-state index in [0.29, 0.717) is 0 Å². The highest BCUT2D eigenvalue weighted by Gasteiger charge is 2.23. The van der Waals surface area contributed by atoms with Crippen molar-refractivity contribution in [2.45, 2.75) is 19.9 Å². The highest BCUT2D eigenvalue weighted by Crippen LogP contribution is 2.12. The van der Waals surface area contributed by atoms with Gasteiger partial charge in [-0.1, -0.05) is 29.8 Å². The largest absolute Gasteiger partial charge is 0.377 e. The first kappa shape index (κ1) is 14.3. The molecule has 0 radical (unpaired) electrons. The van der Waals surface area contributed by atoms with Crippen LogP contribution in [0.15, 0.2) is 48.8 Å². The number of Topliss-reactive ketones (excluding diaryl/α,β-unsaturated/α-hetero) is 1. The Morgan fingerprint density at radius 3 is 2.10 bits per heavy atom. The van der Waals surface area contributed by atoms with E-state index in [9.17, 15) is 4.79 Å². The fourth-order valence-electron chi connectivity index (χ4n) is 2.08. The van der Waals surface area contributed by atoms with Gasteiger partial charge in [-0.15, -0.1) is 0 Å². The molecule has 3 heteroatoms. The van der Waals surface area contributed by atoms with Crippen molar-refractivity contribution < 1.29 is 9.36 Å². The second-order valence-electron chi connectivity index (χ2n) is 5.30. The van der Waals surface area contributed by atoms with Crippen LogP contribution in [0.1, 0.15) is 28.9 Å². The summed E-state index contributed by atoms with van der Waals surface area (Å²) in [6.45, 7) is 3.95. The van der Waals surface area contributed by atoms with Gasteiger partial charge in [0.05, 0.1) is 0 Å². The Morgan fingerprint density at radius 2 is 1.60 bits per heavy atom. The lowest BCUT2D eigenvalue weighted by molar-refractivity contribution is -0.704. The third-order valence-corrected chi connectivity index (χ3v) is 3.51. The molecule has 2 aromatic rings. The number of aryl methyl sites for hydroxylation is 1. The highest BCUT2D eigenvalue weighted by molar-refractivity contribution is 5.97. The smallest absolute Gasteiger partial charge is 0.230 e. The summed E-state index contributed by atoms with van der Waals surface area (Å²) in [5.41, 5.74) is 3.04. The predicted molar refractivity (Wildman–Crippen MR) is 81.2 cm³/mol. The fourth-order valence-corrected chi connectivity index (χ4v) is 2.08. The first-order valence-electron chi connectivity index (χ1n) is 6.78. The normalized spacial score (nSPS) is 12.0. The van der Waals surface area contributed by atoms with Crippen LogP contribution in [0.4, 0.5) is 5.69 Å². The van der Waals surface area contributed by atoms with Crippen LogP contribution in [0.2, 0.25) is 0 Å². The molecule has 0 bridgehead atoms. The topological polar surface area (TPSA) is 24.2 Å². The molecule has 1 atom stereocenters. The van der Waals surface area contributed by atoms with Gasteiger partial charge in [0.2, 0.25) is 11.8 Å². The van der Waals surface area contributed by atoms with Crippen LogP contribution in [0.3, 0.4) is 0 Å². The quantitative estimate of drug-likeness (QED) is 0.629. The van der Waals surface area contributed by atoms with Crippen molar-refractivity contribution in [3.63, 3.8) is 0 Å². The van der Waals surface area contributed by atoms with Crippen molar-refractivity contribution in [3.8, 4) is 0 Å². The summed E-state index contributed by atoms with van der Waals surface area (Å²) >= 11 is 0. The van der Waals surface area contributed by atoms with Crippen molar-refractivity contribution >= 4 is 11.5 Å². The van der Waals surface area contributed by atoms with Crippen molar-refractivity contribution in [1.82, 2.24) is 0 Å². The van der Waals surface area contributed by atoms with Gasteiger partial charge < -0.3 is 4.90 Å². The van der Waals surface area contributed by atoms with Gasteiger partial charge in [0.25, 0.3) is 0 Å². The molecule has 0 saturated carbocycles. The van der Waals surface area contributed by atoms with Crippen LogP contribution >= 0.6 is 0 Å². The van der Waals surface area contributed by atoms with Crippen LogP contribution in [0.5, 0.6) is 0 Å². The number of aromatic nitrogens is 1. The standard InChI is InChI=1S/C17H21N2O/c1-13-5-7-15(8-6-13)17(20)14(2)19-11-9-16(10-12-19)18(3)4/h5-12,14H,1-4H3/q+1/t14-/m0/s1. The third-order valence-electron chi connectivity index (χ3n) is 3.51. The Hall–Kier alpha value is -2.16. The van der Waals surface area contributed by atoms with E-state index in [1.807, 2.05) is 86.2 Å². The molecule has 1 heterocycles. The van der Waals surface area contributed by atoms with Gasteiger partial charge in [0.1, 0.15) is 0 Å². The van der Waals surface area contributed by atoms with Gasteiger partial charge in [0, 0.05) is 44.4 Å². The Morgan fingerprint density at radius 1 is 1.05 bits per heavy atom. The molecule has 104 valence electrons. The van der Waals surface area contributed by atoms with Gasteiger partial charge in [-0.2, -0.15) is 4.57 Å². The van der Waals surface area contributed by atoms with Crippen LogP contribution in [0, 0.1) is 6.92 Å². The summed E-state index contributed by atoms with van der Waals surface area (Å²) in [5.74, 6) is 0.132. The minimum atomic E-state index is -0.200. The van der Waals surface area contributed by atoms with Crippen molar-refractivity contribution in [3.05, 3.63) is 59.9 Å². The zero-order chi connectivity index (χ0) is 14.7. The molecular weight excluding hydrogens is 248 g/mol. The van der Waals surface area contributed by atoms with Crippen LogP contribution in [-0.4, -0.2) is 19.9 Å². The van der Waals surface area contributed by atoms with Crippen molar-refractivity contribution in [2.75, 3.05) is 19.0 Å². The number of carbonyl (C=O) groups excluding carboxylic acids is 1. The molecule has 20 heavy (non-hydrogen) atoms. The molecule has 2 rings (SSSR count). The van der Waals surface area contributed by atoms with Crippen molar-refractivity contribution in [2.24, 2.45) is 0 Å². The van der Waals surface area contributed by atoms with E-state index < -0.39 is 0 Å². The number of pyridine rings is 1. The molecule has 1 aromatic heterocycles. The Bertz CT molecular complexity index is 585. The Kier molecular flexibility index (Phi) is 4.18. The van der Waals surface area contributed by atoms with Crippen LogP contribution in [0.25, 0.3) is 0 Å². The van der Waals surface area contributed by atoms with Crippen LogP contribution in [-0.2, 0) is 0 Å². The molecule has 0 saturated heterocycles. The zero-order valence-corrected chi connectivity index (χ0v) is 12.5. The van der Waals surface area contributed by atoms with E-state index in [0.717, 1.165) is 16.8 Å². The minimum Gasteiger partial charge on any atom is -0.377 e. The number of benzene rings is 1. The summed E-state index contributed by atoms with van der Waals surface area (Å²) in [6.07, 6.45) is 3.90. The van der Waals surface area contributed by atoms with Gasteiger partial charge >= 0.3 is 0 Å². The number of anilines is 1. The maximum atomic E-state index is 12.4. The first-order valence-corrected chi connectivity index (χ1v) is 6.78. The Balaban J connectivity index is 2.19. The summed E-state index contributed by atoms with van der Waals surface area (Å²) in [5, 5.41) is 0. The first-order chi connectivity index (χ1) is 9.49. The average molecular weight is 269 g/mol. The second kappa shape index (κ2) is 5.87. The molecule has 0 unspecified atom stereocenters. The Labute approximate surface area is 120 Å². The molecule has 0 aliphatic carbocycles. The lowest BCUT2D eigenvalue weighted by Crippen LogP contribution is -2.41. The van der Waals surface area contributed by atoms with E-state index in [2.05, 4.69) is 0 Å². The number of rotatable bonds is 4. The number of nitrogens with zero attached hydrogens (tertiary/aromatic N) is 2. The summed E-state index contributed by atoms with van der Waals surface area (Å²) in [4.78, 5) is 14.5. The summed E-state index contributed by atoms with van der Waals surface area (Å²) in [7, 11) is 4.00. The highest BCUT2D eigenvalue weighted by atomic mass is 16.1. The maximum Gasteiger partial charge on any atom is 0.230 e. The fraction of sp³-hybridized carbons (Fsp3) is 0.294. The molecule has 0 spiro atoms. The molecule has 1 aromatic carbocycles. The zero-order valence-electron chi connectivity index (χ0n) is 12.5. The maximum absolute atomic E-state index is 12.4. The monoisotopic (exact) mass is 269 g/mol. The number of hydrogen-bond donors (Lipinski definition) is 0. The van der Waals surface area contributed by atoms with E-state index in [1.54, 1.807) is 0 Å². The van der Waals surface area contributed by atoms with Gasteiger partial charge in [-0.3, -0.25) is 4.79 Å². The molecular formula is C17H21N2O+.